The van der Waals surface area contributed by atoms with Crippen molar-refractivity contribution in [1.29, 1.82) is 0 Å². The molecule has 2 aromatic rings. The number of rotatable bonds is 3. The summed E-state index contributed by atoms with van der Waals surface area (Å²) < 4.78 is 25.9. The highest BCUT2D eigenvalue weighted by Gasteiger charge is 2.07. The Kier molecular flexibility index (Phi) is 3.23. The van der Waals surface area contributed by atoms with E-state index in [1.165, 1.54) is 30.3 Å². The molecule has 0 heterocycles. The molecule has 0 bridgehead atoms. The molecule has 0 aliphatic carbocycles. The van der Waals surface area contributed by atoms with Crippen molar-refractivity contribution in [1.82, 2.24) is 0 Å². The molecule has 0 spiro atoms. The summed E-state index contributed by atoms with van der Waals surface area (Å²) >= 11 is 0. The van der Waals surface area contributed by atoms with Crippen LogP contribution in [0.25, 0.3) is 0 Å². The van der Waals surface area contributed by atoms with Gasteiger partial charge in [-0.05, 0) is 42.5 Å². The van der Waals surface area contributed by atoms with Crippen LogP contribution in [0.2, 0.25) is 0 Å². The summed E-state index contributed by atoms with van der Waals surface area (Å²) in [6.07, 6.45) is 0. The first kappa shape index (κ1) is 12.0. The van der Waals surface area contributed by atoms with Gasteiger partial charge < -0.3 is 10.4 Å². The molecule has 0 fully saturated rings. The van der Waals surface area contributed by atoms with Crippen LogP contribution in [0, 0.1) is 11.6 Å². The Hall–Kier alpha value is -2.43. The predicted octanol–water partition coefficient (Wildman–Crippen LogP) is 3.41. The zero-order valence-corrected chi connectivity index (χ0v) is 9.15. The molecule has 0 atom stereocenters. The van der Waals surface area contributed by atoms with Gasteiger partial charge in [0.2, 0.25) is 0 Å². The van der Waals surface area contributed by atoms with Gasteiger partial charge >= 0.3 is 5.97 Å². The van der Waals surface area contributed by atoms with Crippen LogP contribution >= 0.6 is 0 Å². The second kappa shape index (κ2) is 4.83. The van der Waals surface area contributed by atoms with Gasteiger partial charge in [-0.1, -0.05) is 0 Å². The van der Waals surface area contributed by atoms with Crippen molar-refractivity contribution in [3.63, 3.8) is 0 Å². The summed E-state index contributed by atoms with van der Waals surface area (Å²) in [5, 5.41) is 11.6. The van der Waals surface area contributed by atoms with Gasteiger partial charge in [0.1, 0.15) is 11.6 Å². The molecule has 5 heteroatoms. The third-order valence-corrected chi connectivity index (χ3v) is 2.28. The second-order valence-corrected chi connectivity index (χ2v) is 3.67. The summed E-state index contributed by atoms with van der Waals surface area (Å²) in [6, 6.07) is 8.84. The Morgan fingerprint density at radius 1 is 0.944 bits per heavy atom. The van der Waals surface area contributed by atoms with Crippen LogP contribution in [0.3, 0.4) is 0 Å². The average Bonchev–Trinajstić information content (AvgIpc) is 2.31. The van der Waals surface area contributed by atoms with E-state index in [4.69, 9.17) is 5.11 Å². The van der Waals surface area contributed by atoms with Gasteiger partial charge in [0.15, 0.2) is 0 Å². The van der Waals surface area contributed by atoms with Crippen molar-refractivity contribution in [2.24, 2.45) is 0 Å². The highest BCUT2D eigenvalue weighted by Crippen LogP contribution is 2.19. The van der Waals surface area contributed by atoms with Crippen LogP contribution in [0.5, 0.6) is 0 Å². The van der Waals surface area contributed by atoms with Gasteiger partial charge in [-0.2, -0.15) is 0 Å². The summed E-state index contributed by atoms with van der Waals surface area (Å²) in [7, 11) is 0. The number of benzene rings is 2. The molecule has 0 unspecified atom stereocenters. The minimum Gasteiger partial charge on any atom is -0.478 e. The standard InChI is InChI=1S/C13H9F2NO2/c14-9-1-3-11(4-2-9)16-12-6-8(13(17)18)5-10(15)7-12/h1-7,16H,(H,17,18). The lowest BCUT2D eigenvalue weighted by molar-refractivity contribution is 0.0696. The monoisotopic (exact) mass is 249 g/mol. The summed E-state index contributed by atoms with van der Waals surface area (Å²) in [4.78, 5) is 10.8. The third kappa shape index (κ3) is 2.82. The zero-order valence-electron chi connectivity index (χ0n) is 9.15. The molecule has 2 N–H and O–H groups in total. The number of anilines is 2. The average molecular weight is 249 g/mol. The van der Waals surface area contributed by atoms with E-state index in [2.05, 4.69) is 5.32 Å². The maximum Gasteiger partial charge on any atom is 0.335 e. The normalized spacial score (nSPS) is 10.1. The lowest BCUT2D eigenvalue weighted by Gasteiger charge is -2.07. The third-order valence-electron chi connectivity index (χ3n) is 2.28. The Morgan fingerprint density at radius 3 is 2.22 bits per heavy atom. The molecular formula is C13H9F2NO2. The van der Waals surface area contributed by atoms with Crippen LogP contribution in [0.15, 0.2) is 42.5 Å². The molecular weight excluding hydrogens is 240 g/mol. The van der Waals surface area contributed by atoms with Gasteiger partial charge in [-0.25, -0.2) is 13.6 Å². The SMILES string of the molecule is O=C(O)c1cc(F)cc(Nc2ccc(F)cc2)c1. The first-order valence-corrected chi connectivity index (χ1v) is 5.11. The molecule has 0 aliphatic rings. The van der Waals surface area contributed by atoms with Crippen molar-refractivity contribution < 1.29 is 18.7 Å². The maximum atomic E-state index is 13.2. The van der Waals surface area contributed by atoms with Crippen molar-refractivity contribution in [2.75, 3.05) is 5.32 Å². The van der Waals surface area contributed by atoms with E-state index >= 15 is 0 Å². The lowest BCUT2D eigenvalue weighted by Crippen LogP contribution is -1.99. The van der Waals surface area contributed by atoms with Crippen LogP contribution in [0.4, 0.5) is 20.2 Å². The van der Waals surface area contributed by atoms with E-state index in [0.717, 1.165) is 12.1 Å². The van der Waals surface area contributed by atoms with Crippen LogP contribution in [0.1, 0.15) is 10.4 Å². The fourth-order valence-electron chi connectivity index (χ4n) is 1.49. The molecule has 0 amide bonds. The van der Waals surface area contributed by atoms with Crippen molar-refractivity contribution in [2.45, 2.75) is 0 Å². The zero-order chi connectivity index (χ0) is 13.1. The summed E-state index contributed by atoms with van der Waals surface area (Å²) in [5.41, 5.74) is 0.678. The van der Waals surface area contributed by atoms with Gasteiger partial charge in [0.25, 0.3) is 0 Å². The summed E-state index contributed by atoms with van der Waals surface area (Å²) in [6.45, 7) is 0. The minimum atomic E-state index is -1.21. The molecule has 0 radical (unpaired) electrons. The molecule has 0 aromatic heterocycles. The van der Waals surface area contributed by atoms with Crippen molar-refractivity contribution in [3.8, 4) is 0 Å². The van der Waals surface area contributed by atoms with Crippen LogP contribution in [-0.2, 0) is 0 Å². The van der Waals surface area contributed by atoms with Gasteiger partial charge in [-0.15, -0.1) is 0 Å². The first-order chi connectivity index (χ1) is 8.54. The van der Waals surface area contributed by atoms with Gasteiger partial charge in [0.05, 0.1) is 5.56 Å². The minimum absolute atomic E-state index is 0.153. The van der Waals surface area contributed by atoms with E-state index in [1.807, 2.05) is 0 Å². The number of carboxylic acids is 1. The molecule has 0 saturated carbocycles. The maximum absolute atomic E-state index is 13.2. The quantitative estimate of drug-likeness (QED) is 0.876. The largest absolute Gasteiger partial charge is 0.478 e. The molecule has 0 aliphatic heterocycles. The fraction of sp³-hybridized carbons (Fsp3) is 0. The van der Waals surface area contributed by atoms with Crippen molar-refractivity contribution in [3.05, 3.63) is 59.7 Å². The smallest absolute Gasteiger partial charge is 0.335 e. The number of nitrogens with one attached hydrogen (secondary N) is 1. The van der Waals surface area contributed by atoms with E-state index in [-0.39, 0.29) is 11.4 Å². The Bertz CT molecular complexity index is 582. The Labute approximate surface area is 102 Å². The fourth-order valence-corrected chi connectivity index (χ4v) is 1.49. The first-order valence-electron chi connectivity index (χ1n) is 5.11. The number of carboxylic acid groups (broad SMARTS) is 1. The van der Waals surface area contributed by atoms with E-state index < -0.39 is 11.8 Å². The topological polar surface area (TPSA) is 49.3 Å². The van der Waals surface area contributed by atoms with Crippen LogP contribution in [-0.4, -0.2) is 11.1 Å². The van der Waals surface area contributed by atoms with Gasteiger partial charge in [0, 0.05) is 11.4 Å². The molecule has 18 heavy (non-hydrogen) atoms. The predicted molar refractivity (Wildman–Crippen MR) is 63.0 cm³/mol. The van der Waals surface area contributed by atoms with Crippen molar-refractivity contribution >= 4 is 17.3 Å². The van der Waals surface area contributed by atoms with E-state index in [9.17, 15) is 13.6 Å². The Morgan fingerprint density at radius 2 is 1.61 bits per heavy atom. The second-order valence-electron chi connectivity index (χ2n) is 3.67. The molecule has 2 rings (SSSR count). The number of hydrogen-bond donors (Lipinski definition) is 2. The summed E-state index contributed by atoms with van der Waals surface area (Å²) in [5.74, 6) is -2.25. The number of hydrogen-bond acceptors (Lipinski definition) is 2. The highest BCUT2D eigenvalue weighted by atomic mass is 19.1. The number of aromatic carboxylic acids is 1. The molecule has 3 nitrogen and oxygen atoms in total. The highest BCUT2D eigenvalue weighted by molar-refractivity contribution is 5.89. The Balaban J connectivity index is 2.28. The molecule has 92 valence electrons. The number of halogens is 2. The van der Waals surface area contributed by atoms with E-state index in [1.54, 1.807) is 0 Å². The van der Waals surface area contributed by atoms with Gasteiger partial charge in [-0.3, -0.25) is 0 Å². The number of carbonyl (C=O) groups is 1. The molecule has 0 saturated heterocycles. The van der Waals surface area contributed by atoms with Crippen LogP contribution < -0.4 is 5.32 Å². The van der Waals surface area contributed by atoms with E-state index in [0.29, 0.717) is 11.4 Å². The molecule has 2 aromatic carbocycles. The lowest BCUT2D eigenvalue weighted by atomic mass is 10.2.